The highest BCUT2D eigenvalue weighted by atomic mass is 35.5. The largest absolute Gasteiger partial charge is 0.487 e. The number of benzene rings is 2. The number of aromatic nitrogens is 4. The fourth-order valence-electron chi connectivity index (χ4n) is 2.66. The highest BCUT2D eigenvalue weighted by Crippen LogP contribution is 2.16. The molecule has 0 unspecified atom stereocenters. The van der Waals surface area contributed by atoms with E-state index in [2.05, 4.69) is 20.6 Å². The lowest BCUT2D eigenvalue weighted by atomic mass is 10.3. The molecule has 0 saturated heterocycles. The second-order valence-electron chi connectivity index (χ2n) is 6.59. The molecule has 0 aliphatic rings. The quantitative estimate of drug-likeness (QED) is 0.433. The van der Waals surface area contributed by atoms with Gasteiger partial charge in [-0.25, -0.2) is 14.1 Å². The maximum absolute atomic E-state index is 13.0. The van der Waals surface area contributed by atoms with Gasteiger partial charge in [-0.15, -0.1) is 5.10 Å². The maximum Gasteiger partial charge on any atom is 0.262 e. The minimum Gasteiger partial charge on any atom is -0.487 e. The van der Waals surface area contributed by atoms with Crippen LogP contribution in [0, 0.1) is 5.82 Å². The number of carbonyl (C=O) groups excluding carboxylic acids is 1. The first-order valence-corrected chi connectivity index (χ1v) is 9.87. The van der Waals surface area contributed by atoms with Gasteiger partial charge in [-0.1, -0.05) is 16.8 Å². The summed E-state index contributed by atoms with van der Waals surface area (Å²) in [4.78, 5) is 16.4. The highest BCUT2D eigenvalue weighted by molar-refractivity contribution is 6.30. The topological polar surface area (TPSA) is 91.2 Å². The summed E-state index contributed by atoms with van der Waals surface area (Å²) in [6.45, 7) is -0.00240. The fourth-order valence-corrected chi connectivity index (χ4v) is 2.79. The molecule has 0 atom stereocenters. The van der Waals surface area contributed by atoms with Crippen LogP contribution in [-0.2, 0) is 11.4 Å². The van der Waals surface area contributed by atoms with Crippen molar-refractivity contribution in [1.29, 1.82) is 0 Å². The molecule has 0 aliphatic heterocycles. The van der Waals surface area contributed by atoms with Gasteiger partial charge in [0.05, 0.1) is 6.20 Å². The van der Waals surface area contributed by atoms with Crippen molar-refractivity contribution in [3.63, 3.8) is 0 Å². The van der Waals surface area contributed by atoms with Crippen molar-refractivity contribution >= 4 is 23.2 Å². The van der Waals surface area contributed by atoms with Gasteiger partial charge in [0.1, 0.15) is 29.6 Å². The van der Waals surface area contributed by atoms with E-state index in [9.17, 15) is 9.18 Å². The molecule has 0 fully saturated rings. The summed E-state index contributed by atoms with van der Waals surface area (Å²) in [5.74, 6) is 0.853. The Balaban J connectivity index is 1.33. The van der Waals surface area contributed by atoms with Crippen molar-refractivity contribution in [3.8, 4) is 17.3 Å². The van der Waals surface area contributed by atoms with Gasteiger partial charge in [-0.2, -0.15) is 0 Å². The van der Waals surface area contributed by atoms with Crippen molar-refractivity contribution in [2.24, 2.45) is 0 Å². The average molecular weight is 454 g/mol. The lowest BCUT2D eigenvalue weighted by molar-refractivity contribution is -0.118. The first kappa shape index (κ1) is 21.3. The van der Waals surface area contributed by atoms with E-state index < -0.39 is 0 Å². The molecule has 8 nitrogen and oxygen atoms in total. The molecule has 0 saturated carbocycles. The van der Waals surface area contributed by atoms with E-state index in [1.165, 1.54) is 28.9 Å². The van der Waals surface area contributed by atoms with E-state index in [1.54, 1.807) is 48.8 Å². The average Bonchev–Trinajstić information content (AvgIpc) is 3.28. The number of anilines is 1. The molecular formula is C22H17ClFN5O3. The van der Waals surface area contributed by atoms with Crippen LogP contribution in [0.4, 0.5) is 10.1 Å². The van der Waals surface area contributed by atoms with Crippen molar-refractivity contribution in [3.05, 3.63) is 89.6 Å². The monoisotopic (exact) mass is 453 g/mol. The van der Waals surface area contributed by atoms with E-state index in [1.807, 2.05) is 0 Å². The predicted molar refractivity (Wildman–Crippen MR) is 115 cm³/mol. The summed E-state index contributed by atoms with van der Waals surface area (Å²) < 4.78 is 25.4. The third kappa shape index (κ3) is 5.79. The number of hydrogen-bond acceptors (Lipinski definition) is 6. The molecule has 0 bridgehead atoms. The standard InChI is InChI=1S/C22H17ClFN5O3/c23-15-1-5-19(6-2-15)32-14-22(30)26-17-9-10-25-21(11-17)29-12-18(27-28-29)13-31-20-7-3-16(24)4-8-20/h1-12H,13-14H2,(H,25,26,30). The smallest absolute Gasteiger partial charge is 0.262 e. The van der Waals surface area contributed by atoms with Crippen LogP contribution in [-0.4, -0.2) is 32.5 Å². The zero-order valence-corrected chi connectivity index (χ0v) is 17.4. The Labute approximate surface area is 187 Å². The Morgan fingerprint density at radius 2 is 1.75 bits per heavy atom. The molecular weight excluding hydrogens is 437 g/mol. The van der Waals surface area contributed by atoms with Crippen molar-refractivity contribution in [2.45, 2.75) is 6.61 Å². The van der Waals surface area contributed by atoms with Crippen LogP contribution in [0.2, 0.25) is 5.02 Å². The molecule has 32 heavy (non-hydrogen) atoms. The molecule has 10 heteroatoms. The lowest BCUT2D eigenvalue weighted by Gasteiger charge is -2.08. The molecule has 1 N–H and O–H groups in total. The molecule has 2 heterocycles. The summed E-state index contributed by atoms with van der Waals surface area (Å²) >= 11 is 5.83. The van der Waals surface area contributed by atoms with Crippen LogP contribution in [0.25, 0.3) is 5.82 Å². The summed E-state index contributed by atoms with van der Waals surface area (Å²) in [6.07, 6.45) is 3.20. The number of nitrogens with zero attached hydrogens (tertiary/aromatic N) is 4. The second-order valence-corrected chi connectivity index (χ2v) is 7.03. The van der Waals surface area contributed by atoms with Crippen LogP contribution in [0.3, 0.4) is 0 Å². The number of amides is 1. The minimum absolute atomic E-state index is 0.157. The van der Waals surface area contributed by atoms with E-state index in [-0.39, 0.29) is 24.9 Å². The maximum atomic E-state index is 13.0. The van der Waals surface area contributed by atoms with Crippen molar-refractivity contribution in [2.75, 3.05) is 11.9 Å². The van der Waals surface area contributed by atoms with E-state index in [4.69, 9.17) is 21.1 Å². The molecule has 2 aromatic heterocycles. The summed E-state index contributed by atoms with van der Waals surface area (Å²) in [5.41, 5.74) is 1.08. The molecule has 4 aromatic rings. The highest BCUT2D eigenvalue weighted by Gasteiger charge is 2.08. The van der Waals surface area contributed by atoms with Gasteiger partial charge < -0.3 is 14.8 Å². The summed E-state index contributed by atoms with van der Waals surface area (Å²) in [7, 11) is 0. The van der Waals surface area contributed by atoms with Gasteiger partial charge >= 0.3 is 0 Å². The normalized spacial score (nSPS) is 10.6. The van der Waals surface area contributed by atoms with E-state index in [0.29, 0.717) is 33.7 Å². The Morgan fingerprint density at radius 1 is 1.03 bits per heavy atom. The van der Waals surface area contributed by atoms with Crippen LogP contribution < -0.4 is 14.8 Å². The van der Waals surface area contributed by atoms with Gasteiger partial charge in [-0.3, -0.25) is 4.79 Å². The molecule has 0 aliphatic carbocycles. The van der Waals surface area contributed by atoms with Crippen molar-refractivity contribution < 1.29 is 18.7 Å². The Morgan fingerprint density at radius 3 is 2.53 bits per heavy atom. The molecule has 162 valence electrons. The van der Waals surface area contributed by atoms with Crippen LogP contribution in [0.15, 0.2) is 73.1 Å². The zero-order chi connectivity index (χ0) is 22.3. The molecule has 0 radical (unpaired) electrons. The van der Waals surface area contributed by atoms with Gasteiger partial charge in [0, 0.05) is 23.0 Å². The van der Waals surface area contributed by atoms with Crippen LogP contribution in [0.1, 0.15) is 5.69 Å². The number of nitrogens with one attached hydrogen (secondary N) is 1. The van der Waals surface area contributed by atoms with Crippen LogP contribution >= 0.6 is 11.6 Å². The van der Waals surface area contributed by atoms with Gasteiger partial charge in [0.2, 0.25) is 0 Å². The number of rotatable bonds is 8. The minimum atomic E-state index is -0.335. The molecule has 2 aromatic carbocycles. The number of halogens is 2. The molecule has 4 rings (SSSR count). The summed E-state index contributed by atoms with van der Waals surface area (Å²) in [5, 5.41) is 11.4. The number of hydrogen-bond donors (Lipinski definition) is 1. The second kappa shape index (κ2) is 9.88. The molecule has 0 spiro atoms. The first-order chi connectivity index (χ1) is 15.5. The first-order valence-electron chi connectivity index (χ1n) is 9.49. The van der Waals surface area contributed by atoms with E-state index in [0.717, 1.165) is 0 Å². The number of pyridine rings is 1. The van der Waals surface area contributed by atoms with Crippen LogP contribution in [0.5, 0.6) is 11.5 Å². The SMILES string of the molecule is O=C(COc1ccc(Cl)cc1)Nc1ccnc(-n2cc(COc3ccc(F)cc3)nn2)c1. The predicted octanol–water partition coefficient (Wildman–Crippen LogP) is 4.05. The van der Waals surface area contributed by atoms with Gasteiger partial charge in [0.15, 0.2) is 12.4 Å². The number of ether oxygens (including phenoxy) is 2. The summed E-state index contributed by atoms with van der Waals surface area (Å²) in [6, 6.07) is 15.7. The third-order valence-corrected chi connectivity index (χ3v) is 4.44. The Hall–Kier alpha value is -3.98. The Bertz CT molecular complexity index is 1200. The van der Waals surface area contributed by atoms with Crippen molar-refractivity contribution in [1.82, 2.24) is 20.0 Å². The number of carbonyl (C=O) groups is 1. The lowest BCUT2D eigenvalue weighted by Crippen LogP contribution is -2.20. The van der Waals surface area contributed by atoms with Gasteiger partial charge in [-0.05, 0) is 54.6 Å². The third-order valence-electron chi connectivity index (χ3n) is 4.19. The van der Waals surface area contributed by atoms with Gasteiger partial charge in [0.25, 0.3) is 5.91 Å². The fraction of sp³-hybridized carbons (Fsp3) is 0.0909. The Kier molecular flexibility index (Phi) is 6.57. The zero-order valence-electron chi connectivity index (χ0n) is 16.6. The van der Waals surface area contributed by atoms with E-state index >= 15 is 0 Å². The molecule has 1 amide bonds.